The van der Waals surface area contributed by atoms with Crippen molar-refractivity contribution in [2.24, 2.45) is 0 Å². The van der Waals surface area contributed by atoms with E-state index in [1.165, 1.54) is 12.1 Å². The molecule has 3 aromatic rings. The summed E-state index contributed by atoms with van der Waals surface area (Å²) in [5.74, 6) is -0.458. The summed E-state index contributed by atoms with van der Waals surface area (Å²) in [5, 5.41) is 7.57. The summed E-state index contributed by atoms with van der Waals surface area (Å²) in [6.07, 6.45) is 3.36. The van der Waals surface area contributed by atoms with Gasteiger partial charge in [0.2, 0.25) is 0 Å². The summed E-state index contributed by atoms with van der Waals surface area (Å²) in [5.41, 5.74) is 3.56. The van der Waals surface area contributed by atoms with Gasteiger partial charge in [-0.1, -0.05) is 0 Å². The van der Waals surface area contributed by atoms with E-state index >= 15 is 0 Å². The van der Waals surface area contributed by atoms with Gasteiger partial charge in [0.05, 0.1) is 6.04 Å². The van der Waals surface area contributed by atoms with Crippen LogP contribution in [-0.2, 0) is 0 Å². The van der Waals surface area contributed by atoms with Gasteiger partial charge in [0.25, 0.3) is 5.91 Å². The number of hydrogen-bond acceptors (Lipinski definition) is 3. The second-order valence-electron chi connectivity index (χ2n) is 5.82. The lowest BCUT2D eigenvalue weighted by atomic mass is 9.98. The monoisotopic (exact) mass is 322 g/mol. The van der Waals surface area contributed by atoms with E-state index in [0.717, 1.165) is 16.7 Å². The Hall–Kier alpha value is -3.02. The van der Waals surface area contributed by atoms with Crippen LogP contribution in [0.25, 0.3) is 22.4 Å². The molecule has 0 radical (unpaired) electrons. The van der Waals surface area contributed by atoms with Gasteiger partial charge in [-0.3, -0.25) is 14.5 Å². The Morgan fingerprint density at radius 1 is 1.12 bits per heavy atom. The van der Waals surface area contributed by atoms with Gasteiger partial charge in [-0.15, -0.1) is 0 Å². The largest absolute Gasteiger partial charge is 0.349 e. The molecule has 1 atom stereocenters. The first-order valence-electron chi connectivity index (χ1n) is 7.72. The number of carbonyl (C=O) groups is 1. The molecule has 0 aliphatic carbocycles. The molecule has 0 fully saturated rings. The van der Waals surface area contributed by atoms with Crippen LogP contribution in [0.4, 0.5) is 4.39 Å². The highest BCUT2D eigenvalue weighted by atomic mass is 19.1. The molecule has 0 saturated carbocycles. The highest BCUT2D eigenvalue weighted by Crippen LogP contribution is 2.36. The Labute approximate surface area is 138 Å². The second-order valence-corrected chi connectivity index (χ2v) is 5.82. The summed E-state index contributed by atoms with van der Waals surface area (Å²) >= 11 is 0. The van der Waals surface area contributed by atoms with Crippen molar-refractivity contribution in [2.75, 3.05) is 6.54 Å². The third kappa shape index (κ3) is 2.27. The quantitative estimate of drug-likeness (QED) is 0.789. The van der Waals surface area contributed by atoms with Crippen molar-refractivity contribution in [2.45, 2.75) is 13.0 Å². The summed E-state index contributed by atoms with van der Waals surface area (Å²) < 4.78 is 15.0. The number of aromatic nitrogens is 3. The van der Waals surface area contributed by atoms with Gasteiger partial charge in [0, 0.05) is 30.1 Å². The average molecular weight is 322 g/mol. The number of pyridine rings is 1. The molecule has 0 saturated heterocycles. The van der Waals surface area contributed by atoms with E-state index < -0.39 is 0 Å². The third-order valence-corrected chi connectivity index (χ3v) is 4.19. The highest BCUT2D eigenvalue weighted by molar-refractivity contribution is 6.03. The molecule has 6 heteroatoms. The minimum Gasteiger partial charge on any atom is -0.349 e. The Morgan fingerprint density at radius 2 is 1.83 bits per heavy atom. The van der Waals surface area contributed by atoms with E-state index in [4.69, 9.17) is 0 Å². The molecule has 3 heterocycles. The Balaban J connectivity index is 2.01. The van der Waals surface area contributed by atoms with Crippen LogP contribution in [0.3, 0.4) is 0 Å². The smallest absolute Gasteiger partial charge is 0.270 e. The molecule has 1 aliphatic rings. The van der Waals surface area contributed by atoms with Crippen molar-refractivity contribution >= 4 is 5.91 Å². The molecule has 4 rings (SSSR count). The maximum Gasteiger partial charge on any atom is 0.270 e. The molecule has 24 heavy (non-hydrogen) atoms. The number of nitrogens with one attached hydrogen (secondary N) is 1. The van der Waals surface area contributed by atoms with Crippen molar-refractivity contribution in [3.8, 4) is 22.4 Å². The molecule has 0 bridgehead atoms. The van der Waals surface area contributed by atoms with Crippen molar-refractivity contribution < 1.29 is 9.18 Å². The van der Waals surface area contributed by atoms with Crippen LogP contribution in [-0.4, -0.2) is 27.2 Å². The number of amides is 1. The third-order valence-electron chi connectivity index (χ3n) is 4.19. The van der Waals surface area contributed by atoms with E-state index in [1.807, 2.05) is 19.1 Å². The van der Waals surface area contributed by atoms with Gasteiger partial charge < -0.3 is 5.32 Å². The van der Waals surface area contributed by atoms with Crippen LogP contribution >= 0.6 is 0 Å². The molecule has 1 N–H and O–H groups in total. The number of rotatable bonds is 2. The Morgan fingerprint density at radius 3 is 2.54 bits per heavy atom. The molecule has 120 valence electrons. The van der Waals surface area contributed by atoms with E-state index in [-0.39, 0.29) is 17.8 Å². The minimum atomic E-state index is -0.306. The van der Waals surface area contributed by atoms with Gasteiger partial charge in [-0.2, -0.15) is 5.10 Å². The summed E-state index contributed by atoms with van der Waals surface area (Å²) in [4.78, 5) is 16.5. The molecular formula is C18H15FN4O. The first kappa shape index (κ1) is 14.6. The predicted molar refractivity (Wildman–Crippen MR) is 87.9 cm³/mol. The zero-order valence-electron chi connectivity index (χ0n) is 13.0. The molecule has 1 amide bonds. The lowest BCUT2D eigenvalue weighted by Crippen LogP contribution is -2.38. The van der Waals surface area contributed by atoms with Crippen molar-refractivity contribution in [3.63, 3.8) is 0 Å². The Bertz CT molecular complexity index is 903. The molecular weight excluding hydrogens is 307 g/mol. The Kier molecular flexibility index (Phi) is 3.37. The van der Waals surface area contributed by atoms with Crippen LogP contribution in [0.2, 0.25) is 0 Å². The minimum absolute atomic E-state index is 0.0486. The number of nitrogens with zero attached hydrogens (tertiary/aromatic N) is 3. The molecule has 1 unspecified atom stereocenters. The lowest BCUT2D eigenvalue weighted by Gasteiger charge is -2.22. The number of fused-ring (bicyclic) bond motifs is 1. The molecule has 0 spiro atoms. The number of hydrogen-bond donors (Lipinski definition) is 1. The lowest BCUT2D eigenvalue weighted by molar-refractivity contribution is 0.0913. The molecule has 5 nitrogen and oxygen atoms in total. The van der Waals surface area contributed by atoms with Crippen molar-refractivity contribution in [1.82, 2.24) is 20.1 Å². The van der Waals surface area contributed by atoms with Crippen LogP contribution in [0.5, 0.6) is 0 Å². The number of halogens is 1. The van der Waals surface area contributed by atoms with Crippen LogP contribution in [0.15, 0.2) is 48.8 Å². The summed E-state index contributed by atoms with van der Waals surface area (Å²) in [6, 6.07) is 9.89. The van der Waals surface area contributed by atoms with Crippen molar-refractivity contribution in [3.05, 3.63) is 60.3 Å². The van der Waals surface area contributed by atoms with E-state index in [1.54, 1.807) is 29.2 Å². The molecule has 1 aromatic carbocycles. The number of benzene rings is 1. The highest BCUT2D eigenvalue weighted by Gasteiger charge is 2.30. The topological polar surface area (TPSA) is 59.8 Å². The average Bonchev–Trinajstić information content (AvgIpc) is 3.01. The second kappa shape index (κ2) is 5.56. The van der Waals surface area contributed by atoms with Crippen LogP contribution in [0.1, 0.15) is 23.5 Å². The first-order valence-corrected chi connectivity index (χ1v) is 7.72. The molecule has 1 aliphatic heterocycles. The van der Waals surface area contributed by atoms with Crippen LogP contribution in [0, 0.1) is 5.82 Å². The summed E-state index contributed by atoms with van der Waals surface area (Å²) in [6.45, 7) is 2.53. The van der Waals surface area contributed by atoms with E-state index in [0.29, 0.717) is 17.9 Å². The normalized spacial score (nSPS) is 16.6. The fourth-order valence-corrected chi connectivity index (χ4v) is 2.98. The fraction of sp³-hybridized carbons (Fsp3) is 0.167. The maximum absolute atomic E-state index is 13.3. The van der Waals surface area contributed by atoms with Crippen molar-refractivity contribution in [1.29, 1.82) is 0 Å². The SMILES string of the molecule is CC1CNC(=O)c2c(-c3ccncc3)c(-c3ccc(F)cc3)nn21. The zero-order chi connectivity index (χ0) is 16.7. The zero-order valence-corrected chi connectivity index (χ0v) is 13.0. The van der Waals surface area contributed by atoms with Gasteiger partial charge >= 0.3 is 0 Å². The van der Waals surface area contributed by atoms with E-state index in [9.17, 15) is 9.18 Å². The van der Waals surface area contributed by atoms with Gasteiger partial charge in [-0.25, -0.2) is 4.39 Å². The standard InChI is InChI=1S/C18H15FN4O/c1-11-10-21-18(24)17-15(12-6-8-20-9-7-12)16(22-23(11)17)13-2-4-14(19)5-3-13/h2-9,11H,10H2,1H3,(H,21,24). The van der Waals surface area contributed by atoms with Gasteiger partial charge in [-0.05, 0) is 48.9 Å². The molecule has 2 aromatic heterocycles. The number of carbonyl (C=O) groups excluding carboxylic acids is 1. The van der Waals surface area contributed by atoms with Gasteiger partial charge in [0.1, 0.15) is 17.2 Å². The fourth-order valence-electron chi connectivity index (χ4n) is 2.98. The van der Waals surface area contributed by atoms with E-state index in [2.05, 4.69) is 15.4 Å². The predicted octanol–water partition coefficient (Wildman–Crippen LogP) is 3.06. The van der Waals surface area contributed by atoms with Gasteiger partial charge in [0.15, 0.2) is 0 Å². The van der Waals surface area contributed by atoms with Crippen LogP contribution < -0.4 is 5.32 Å². The first-order chi connectivity index (χ1) is 11.6. The maximum atomic E-state index is 13.3. The summed E-state index contributed by atoms with van der Waals surface area (Å²) in [7, 11) is 0.